The average molecular weight is 949 g/mol. The third-order valence-electron chi connectivity index (χ3n) is 11.1. The van der Waals surface area contributed by atoms with E-state index in [0.717, 1.165) is 16.7 Å². The number of hydrogen-bond acceptors (Lipinski definition) is 12. The summed E-state index contributed by atoms with van der Waals surface area (Å²) in [5, 5.41) is 5.65. The molecule has 1 atom stereocenters. The fraction of sp³-hybridized carbons (Fsp3) is 0.389. The van der Waals surface area contributed by atoms with Crippen molar-refractivity contribution in [2.45, 2.75) is 30.1 Å². The van der Waals surface area contributed by atoms with E-state index >= 15 is 0 Å². The van der Waals surface area contributed by atoms with Crippen molar-refractivity contribution in [3.05, 3.63) is 167 Å². The molecule has 0 heterocycles. The van der Waals surface area contributed by atoms with Gasteiger partial charge in [-0.15, -0.1) is 11.8 Å². The van der Waals surface area contributed by atoms with Gasteiger partial charge in [0.1, 0.15) is 12.6 Å². The van der Waals surface area contributed by atoms with Gasteiger partial charge in [-0.2, -0.15) is 0 Å². The average Bonchev–Trinajstić information content (AvgIpc) is 3.70. The van der Waals surface area contributed by atoms with Crippen LogP contribution in [0.25, 0.3) is 11.1 Å². The maximum atomic E-state index is 13.2. The fourth-order valence-corrected chi connectivity index (χ4v) is 9.44. The molecule has 13 nitrogen and oxygen atoms in total. The van der Waals surface area contributed by atoms with E-state index in [1.54, 1.807) is 18.7 Å². The molecule has 2 amide bonds. The van der Waals surface area contributed by atoms with Crippen molar-refractivity contribution in [1.29, 1.82) is 0 Å². The predicted molar refractivity (Wildman–Crippen MR) is 263 cm³/mol. The molecular formula is C54H64N2O11S. The van der Waals surface area contributed by atoms with E-state index in [0.29, 0.717) is 79.2 Å². The zero-order valence-electron chi connectivity index (χ0n) is 38.9. The Morgan fingerprint density at radius 3 is 1.40 bits per heavy atom. The Hall–Kier alpha value is -5.58. The number of carbonyl (C=O) groups excluding carboxylic acids is 3. The van der Waals surface area contributed by atoms with Crippen molar-refractivity contribution in [3.8, 4) is 11.1 Å². The second kappa shape index (κ2) is 29.3. The molecule has 0 spiro atoms. The fourth-order valence-electron chi connectivity index (χ4n) is 7.90. The molecule has 0 saturated carbocycles. The van der Waals surface area contributed by atoms with Crippen molar-refractivity contribution in [2.24, 2.45) is 0 Å². The second-order valence-corrected chi connectivity index (χ2v) is 16.9. The minimum atomic E-state index is -0.872. The molecule has 6 rings (SSSR count). The molecule has 1 aliphatic carbocycles. The lowest BCUT2D eigenvalue weighted by atomic mass is 9.84. The largest absolute Gasteiger partial charge is 0.464 e. The van der Waals surface area contributed by atoms with Gasteiger partial charge in [0.2, 0.25) is 5.91 Å². The molecule has 0 aromatic heterocycles. The minimum absolute atomic E-state index is 0.0203. The van der Waals surface area contributed by atoms with Gasteiger partial charge in [0, 0.05) is 24.6 Å². The number of alkyl carbamates (subject to hydrolysis) is 1. The van der Waals surface area contributed by atoms with Gasteiger partial charge in [-0.05, 0) is 45.9 Å². The number of esters is 1. The lowest BCUT2D eigenvalue weighted by molar-refractivity contribution is -0.146. The predicted octanol–water partition coefficient (Wildman–Crippen LogP) is 7.79. The first-order valence-corrected chi connectivity index (χ1v) is 24.3. The summed E-state index contributed by atoms with van der Waals surface area (Å²) in [6.07, 6.45) is -0.388. The van der Waals surface area contributed by atoms with E-state index in [1.807, 2.05) is 78.9 Å². The maximum absolute atomic E-state index is 13.2. The van der Waals surface area contributed by atoms with Gasteiger partial charge in [-0.1, -0.05) is 140 Å². The third-order valence-corrected chi connectivity index (χ3v) is 12.7. The number of nitrogens with one attached hydrogen (secondary N) is 2. The molecule has 0 bridgehead atoms. The number of thioether (sulfide) groups is 1. The van der Waals surface area contributed by atoms with Crippen LogP contribution in [0.15, 0.2) is 140 Å². The van der Waals surface area contributed by atoms with Crippen molar-refractivity contribution in [1.82, 2.24) is 10.6 Å². The van der Waals surface area contributed by atoms with Crippen LogP contribution in [-0.4, -0.2) is 129 Å². The monoisotopic (exact) mass is 948 g/mol. The highest BCUT2D eigenvalue weighted by molar-refractivity contribution is 8.00. The summed E-state index contributed by atoms with van der Waals surface area (Å²) in [4.78, 5) is 38.6. The topological polar surface area (TPSA) is 149 Å². The Kier molecular flexibility index (Phi) is 22.4. The lowest BCUT2D eigenvalue weighted by Gasteiger charge is -2.36. The number of carbonyl (C=O) groups is 3. The van der Waals surface area contributed by atoms with Gasteiger partial charge < -0.3 is 48.5 Å². The number of hydrogen-bond donors (Lipinski definition) is 2. The van der Waals surface area contributed by atoms with Crippen molar-refractivity contribution in [3.63, 3.8) is 0 Å². The molecule has 0 fully saturated rings. The summed E-state index contributed by atoms with van der Waals surface area (Å²) in [5.74, 6) is -0.496. The van der Waals surface area contributed by atoms with E-state index in [2.05, 4.69) is 71.3 Å². The number of fused-ring (bicyclic) bond motifs is 3. The summed E-state index contributed by atoms with van der Waals surface area (Å²) >= 11 is 1.59. The van der Waals surface area contributed by atoms with Crippen LogP contribution in [0, 0.1) is 0 Å². The van der Waals surface area contributed by atoms with Crippen LogP contribution in [0.4, 0.5) is 4.79 Å². The van der Waals surface area contributed by atoms with Crippen LogP contribution in [0.2, 0.25) is 0 Å². The number of ether oxygens (including phenoxy) is 8. The van der Waals surface area contributed by atoms with E-state index in [1.165, 1.54) is 22.3 Å². The van der Waals surface area contributed by atoms with Crippen LogP contribution in [-0.2, 0) is 52.2 Å². The van der Waals surface area contributed by atoms with Crippen LogP contribution >= 0.6 is 11.8 Å². The Balaban J connectivity index is 0.745. The molecule has 1 aliphatic rings. The zero-order valence-corrected chi connectivity index (χ0v) is 39.7. The summed E-state index contributed by atoms with van der Waals surface area (Å²) in [6, 6.07) is 46.2. The highest BCUT2D eigenvalue weighted by Crippen LogP contribution is 2.49. The number of benzene rings is 5. The quantitative estimate of drug-likeness (QED) is 0.0246. The van der Waals surface area contributed by atoms with E-state index in [-0.39, 0.29) is 43.8 Å². The summed E-state index contributed by atoms with van der Waals surface area (Å²) in [5.41, 5.74) is 7.91. The molecule has 5 aromatic carbocycles. The first-order chi connectivity index (χ1) is 33.5. The summed E-state index contributed by atoms with van der Waals surface area (Å²) in [6.45, 7) is 7.05. The zero-order chi connectivity index (χ0) is 47.5. The summed E-state index contributed by atoms with van der Waals surface area (Å²) < 4.78 is 43.8. The Morgan fingerprint density at radius 1 is 0.529 bits per heavy atom. The van der Waals surface area contributed by atoms with Gasteiger partial charge in [-0.3, -0.25) is 4.79 Å². The number of amides is 2. The molecule has 5 aromatic rings. The van der Waals surface area contributed by atoms with Gasteiger partial charge >= 0.3 is 12.1 Å². The third kappa shape index (κ3) is 15.7. The van der Waals surface area contributed by atoms with Crippen LogP contribution in [0.5, 0.6) is 0 Å². The van der Waals surface area contributed by atoms with Crippen LogP contribution < -0.4 is 10.6 Å². The van der Waals surface area contributed by atoms with Gasteiger partial charge in [0.15, 0.2) is 0 Å². The lowest BCUT2D eigenvalue weighted by Crippen LogP contribution is -2.45. The Bertz CT molecular complexity index is 2090. The minimum Gasteiger partial charge on any atom is -0.464 e. The summed E-state index contributed by atoms with van der Waals surface area (Å²) in [7, 11) is 0. The Morgan fingerprint density at radius 2 is 0.941 bits per heavy atom. The molecule has 362 valence electrons. The standard InChI is InChI=1S/C54H64N2O11S/c1-2-66-52(58)50(41-68-54(42-16-6-3-7-17-42,43-18-8-4-9-19-43)44-20-10-5-11-21-44)56-51(57)26-28-60-30-32-62-34-36-64-38-39-65-37-35-63-33-31-61-29-27-55-53(59)67-40-49-47-24-14-12-22-45(47)46-23-13-15-25-48(46)49/h3-25,49-50H,2,26-41H2,1H3,(H,55,59)(H,56,57). The molecule has 68 heavy (non-hydrogen) atoms. The highest BCUT2D eigenvalue weighted by atomic mass is 32.2. The highest BCUT2D eigenvalue weighted by Gasteiger charge is 2.39. The van der Waals surface area contributed by atoms with Crippen LogP contribution in [0.1, 0.15) is 47.1 Å². The van der Waals surface area contributed by atoms with E-state index in [9.17, 15) is 14.4 Å². The van der Waals surface area contributed by atoms with E-state index in [4.69, 9.17) is 37.9 Å². The SMILES string of the molecule is CCOC(=O)C(CSC(c1ccccc1)(c1ccccc1)c1ccccc1)NC(=O)CCOCCOCCOCCOCCOCCOCCNC(=O)OCC1c2ccccc2-c2ccccc21. The first kappa shape index (κ1) is 51.8. The van der Waals surface area contributed by atoms with Crippen LogP contribution in [0.3, 0.4) is 0 Å². The van der Waals surface area contributed by atoms with Crippen molar-refractivity contribution in [2.75, 3.05) is 105 Å². The smallest absolute Gasteiger partial charge is 0.407 e. The molecule has 14 heteroatoms. The van der Waals surface area contributed by atoms with Gasteiger partial charge in [-0.25, -0.2) is 9.59 Å². The molecular weight excluding hydrogens is 885 g/mol. The van der Waals surface area contributed by atoms with Crippen molar-refractivity contribution >= 4 is 29.7 Å². The molecule has 0 aliphatic heterocycles. The van der Waals surface area contributed by atoms with E-state index < -0.39 is 22.9 Å². The number of rotatable bonds is 32. The maximum Gasteiger partial charge on any atom is 0.407 e. The van der Waals surface area contributed by atoms with Gasteiger partial charge in [0.25, 0.3) is 0 Å². The molecule has 0 radical (unpaired) electrons. The molecule has 0 saturated heterocycles. The second-order valence-electron chi connectivity index (χ2n) is 15.6. The molecule has 2 N–H and O–H groups in total. The first-order valence-electron chi connectivity index (χ1n) is 23.3. The molecule has 1 unspecified atom stereocenters. The van der Waals surface area contributed by atoms with Crippen molar-refractivity contribution < 1.29 is 52.3 Å². The van der Waals surface area contributed by atoms with Gasteiger partial charge in [0.05, 0.1) is 90.6 Å². The Labute approximate surface area is 404 Å². The normalized spacial score (nSPS) is 12.5.